The van der Waals surface area contributed by atoms with Crippen molar-refractivity contribution in [2.75, 3.05) is 65.7 Å². The molecule has 27 heavy (non-hydrogen) atoms. The number of amides is 1. The fraction of sp³-hybridized carbons (Fsp3) is 0.632. The number of morpholine rings is 1. The van der Waals surface area contributed by atoms with E-state index in [-0.39, 0.29) is 12.7 Å². The lowest BCUT2D eigenvalue weighted by Crippen LogP contribution is -2.42. The van der Waals surface area contributed by atoms with E-state index in [1.165, 1.54) is 0 Å². The molecule has 1 atom stereocenters. The summed E-state index contributed by atoms with van der Waals surface area (Å²) in [6.07, 6.45) is -0.757. The van der Waals surface area contributed by atoms with Gasteiger partial charge in [0.15, 0.2) is 0 Å². The van der Waals surface area contributed by atoms with Crippen LogP contribution in [0.5, 0.6) is 5.75 Å². The Bertz CT molecular complexity index is 594. The Hall–Kier alpha value is -1.87. The van der Waals surface area contributed by atoms with Crippen molar-refractivity contribution in [3.8, 4) is 5.75 Å². The van der Waals surface area contributed by atoms with Gasteiger partial charge in [-0.2, -0.15) is 0 Å². The second-order valence-corrected chi connectivity index (χ2v) is 6.80. The summed E-state index contributed by atoms with van der Waals surface area (Å²) >= 11 is 0. The number of hydrogen-bond acceptors (Lipinski definition) is 7. The number of aliphatic hydroxyl groups excluding tert-OH is 1. The van der Waals surface area contributed by atoms with Gasteiger partial charge >= 0.3 is 6.09 Å². The largest absolute Gasteiger partial charge is 0.491 e. The Morgan fingerprint density at radius 2 is 2.07 bits per heavy atom. The highest BCUT2D eigenvalue weighted by Crippen LogP contribution is 2.14. The van der Waals surface area contributed by atoms with E-state index in [2.05, 4.69) is 10.2 Å². The Morgan fingerprint density at radius 1 is 1.22 bits per heavy atom. The van der Waals surface area contributed by atoms with Gasteiger partial charge in [-0.15, -0.1) is 0 Å². The number of carbonyl (C=O) groups is 1. The maximum absolute atomic E-state index is 11.4. The van der Waals surface area contributed by atoms with E-state index in [0.29, 0.717) is 39.3 Å². The van der Waals surface area contributed by atoms with Gasteiger partial charge < -0.3 is 29.5 Å². The average molecular weight is 379 g/mol. The lowest BCUT2D eigenvalue weighted by molar-refractivity contribution is 0.00465. The van der Waals surface area contributed by atoms with Crippen LogP contribution in [0.3, 0.4) is 0 Å². The number of nitrogens with zero attached hydrogens (tertiary/aromatic N) is 2. The van der Waals surface area contributed by atoms with Crippen molar-refractivity contribution < 1.29 is 24.1 Å². The van der Waals surface area contributed by atoms with E-state index < -0.39 is 6.10 Å². The summed E-state index contributed by atoms with van der Waals surface area (Å²) in [7, 11) is 0. The Morgan fingerprint density at radius 3 is 2.85 bits per heavy atom. The van der Waals surface area contributed by atoms with Crippen molar-refractivity contribution in [1.29, 1.82) is 0 Å². The SMILES string of the molecule is O=C1OCCN1CCNCc1cccc(OCC(O)CN2CCOCC2)c1. The third-order valence-corrected chi connectivity index (χ3v) is 4.65. The first-order valence-corrected chi connectivity index (χ1v) is 9.53. The predicted octanol–water partition coefficient (Wildman–Crippen LogP) is 0.300. The van der Waals surface area contributed by atoms with Gasteiger partial charge in [0.1, 0.15) is 25.1 Å². The van der Waals surface area contributed by atoms with Crippen LogP contribution in [0.1, 0.15) is 5.56 Å². The van der Waals surface area contributed by atoms with E-state index in [1.54, 1.807) is 4.90 Å². The third-order valence-electron chi connectivity index (χ3n) is 4.65. The number of ether oxygens (including phenoxy) is 3. The second-order valence-electron chi connectivity index (χ2n) is 6.80. The normalized spacial score (nSPS) is 19.1. The van der Waals surface area contributed by atoms with Crippen LogP contribution in [-0.2, 0) is 16.0 Å². The average Bonchev–Trinajstić information content (AvgIpc) is 3.10. The molecule has 2 saturated heterocycles. The van der Waals surface area contributed by atoms with Gasteiger partial charge in [0, 0.05) is 39.3 Å². The second kappa shape index (κ2) is 10.5. The Balaban J connectivity index is 1.34. The highest BCUT2D eigenvalue weighted by atomic mass is 16.6. The maximum atomic E-state index is 11.4. The van der Waals surface area contributed by atoms with Crippen molar-refractivity contribution in [3.63, 3.8) is 0 Å². The van der Waals surface area contributed by atoms with Crippen LogP contribution < -0.4 is 10.1 Å². The molecule has 8 nitrogen and oxygen atoms in total. The first-order valence-electron chi connectivity index (χ1n) is 9.53. The van der Waals surface area contributed by atoms with Crippen molar-refractivity contribution in [2.45, 2.75) is 12.6 Å². The van der Waals surface area contributed by atoms with Crippen LogP contribution in [0.2, 0.25) is 0 Å². The molecule has 2 aliphatic heterocycles. The highest BCUT2D eigenvalue weighted by Gasteiger charge is 2.20. The van der Waals surface area contributed by atoms with Gasteiger partial charge in [-0.05, 0) is 17.7 Å². The summed E-state index contributed by atoms with van der Waals surface area (Å²) in [5.41, 5.74) is 1.10. The third kappa shape index (κ3) is 6.66. The first kappa shape index (κ1) is 19.9. The molecule has 1 aromatic rings. The van der Waals surface area contributed by atoms with Gasteiger partial charge in [-0.3, -0.25) is 4.90 Å². The minimum atomic E-state index is -0.523. The summed E-state index contributed by atoms with van der Waals surface area (Å²) in [5, 5.41) is 13.5. The molecule has 1 aromatic carbocycles. The zero-order valence-corrected chi connectivity index (χ0v) is 15.6. The molecule has 0 aromatic heterocycles. The van der Waals surface area contributed by atoms with Gasteiger partial charge in [0.25, 0.3) is 0 Å². The predicted molar refractivity (Wildman–Crippen MR) is 99.8 cm³/mol. The maximum Gasteiger partial charge on any atom is 0.409 e. The minimum absolute atomic E-state index is 0.233. The molecular weight excluding hydrogens is 350 g/mol. The lowest BCUT2D eigenvalue weighted by atomic mass is 10.2. The van der Waals surface area contributed by atoms with E-state index >= 15 is 0 Å². The van der Waals surface area contributed by atoms with Gasteiger partial charge in [-0.1, -0.05) is 12.1 Å². The molecule has 2 heterocycles. The molecule has 0 radical (unpaired) electrons. The fourth-order valence-electron chi connectivity index (χ4n) is 3.15. The molecule has 1 amide bonds. The molecule has 0 spiro atoms. The van der Waals surface area contributed by atoms with Crippen molar-refractivity contribution >= 4 is 6.09 Å². The molecule has 0 aliphatic carbocycles. The molecule has 0 bridgehead atoms. The van der Waals surface area contributed by atoms with Gasteiger partial charge in [-0.25, -0.2) is 4.79 Å². The summed E-state index contributed by atoms with van der Waals surface area (Å²) in [5.74, 6) is 0.749. The Labute approximate surface area is 160 Å². The number of aliphatic hydroxyl groups is 1. The number of hydrogen-bond donors (Lipinski definition) is 2. The quantitative estimate of drug-likeness (QED) is 0.566. The topological polar surface area (TPSA) is 83.5 Å². The van der Waals surface area contributed by atoms with Crippen molar-refractivity contribution in [3.05, 3.63) is 29.8 Å². The molecule has 8 heteroatoms. The van der Waals surface area contributed by atoms with Crippen LogP contribution in [0.15, 0.2) is 24.3 Å². The highest BCUT2D eigenvalue weighted by molar-refractivity contribution is 5.69. The number of nitrogens with one attached hydrogen (secondary N) is 1. The number of β-amino-alcohol motifs (C(OH)–C–C–N with tert-alkyl or cyclic N) is 1. The van der Waals surface area contributed by atoms with Crippen molar-refractivity contribution in [1.82, 2.24) is 15.1 Å². The lowest BCUT2D eigenvalue weighted by Gasteiger charge is -2.28. The monoisotopic (exact) mass is 379 g/mol. The molecular formula is C19H29N3O5. The zero-order chi connectivity index (χ0) is 18.9. The Kier molecular flexibility index (Phi) is 7.70. The molecule has 2 fully saturated rings. The van der Waals surface area contributed by atoms with Crippen LogP contribution >= 0.6 is 0 Å². The fourth-order valence-corrected chi connectivity index (χ4v) is 3.15. The van der Waals surface area contributed by atoms with E-state index in [4.69, 9.17) is 14.2 Å². The van der Waals surface area contributed by atoms with Gasteiger partial charge in [0.05, 0.1) is 19.8 Å². The number of carbonyl (C=O) groups excluding carboxylic acids is 1. The molecule has 2 aliphatic rings. The van der Waals surface area contributed by atoms with Crippen LogP contribution in [0, 0.1) is 0 Å². The molecule has 1 unspecified atom stereocenters. The van der Waals surface area contributed by atoms with Crippen LogP contribution in [0.4, 0.5) is 4.79 Å². The summed E-state index contributed by atoms with van der Waals surface area (Å²) in [4.78, 5) is 15.3. The molecule has 2 N–H and O–H groups in total. The van der Waals surface area contributed by atoms with E-state index in [0.717, 1.165) is 37.6 Å². The summed E-state index contributed by atoms with van der Waals surface area (Å²) in [6.45, 7) is 7.21. The molecule has 150 valence electrons. The van der Waals surface area contributed by atoms with Crippen LogP contribution in [-0.4, -0.2) is 92.8 Å². The first-order chi connectivity index (χ1) is 13.2. The number of cyclic esters (lactones) is 1. The van der Waals surface area contributed by atoms with Crippen molar-refractivity contribution in [2.24, 2.45) is 0 Å². The summed E-state index contributed by atoms with van der Waals surface area (Å²) in [6, 6.07) is 7.83. The number of benzene rings is 1. The summed E-state index contributed by atoms with van der Waals surface area (Å²) < 4.78 is 16.0. The van der Waals surface area contributed by atoms with Crippen LogP contribution in [0.25, 0.3) is 0 Å². The zero-order valence-electron chi connectivity index (χ0n) is 15.6. The minimum Gasteiger partial charge on any atom is -0.491 e. The standard InChI is InChI=1S/C19H29N3O5/c23-17(14-21-6-9-25-10-7-21)15-27-18-3-1-2-16(12-18)13-20-4-5-22-8-11-26-19(22)24/h1-3,12,17,20,23H,4-11,13-15H2. The number of rotatable bonds is 10. The van der Waals surface area contributed by atoms with E-state index in [9.17, 15) is 9.90 Å². The van der Waals surface area contributed by atoms with Gasteiger partial charge in [0.2, 0.25) is 0 Å². The smallest absolute Gasteiger partial charge is 0.409 e. The van der Waals surface area contributed by atoms with E-state index in [1.807, 2.05) is 24.3 Å². The molecule has 0 saturated carbocycles. The molecule has 3 rings (SSSR count).